The molecular weight excluding hydrogens is 264 g/mol. The van der Waals surface area contributed by atoms with E-state index in [2.05, 4.69) is 18.9 Å². The predicted molar refractivity (Wildman–Crippen MR) is 85.4 cm³/mol. The minimum absolute atomic E-state index is 0.0212. The van der Waals surface area contributed by atoms with Crippen LogP contribution in [0, 0.1) is 0 Å². The Morgan fingerprint density at radius 1 is 1.38 bits per heavy atom. The molecule has 4 heteroatoms. The lowest BCUT2D eigenvalue weighted by molar-refractivity contribution is 0.0140. The summed E-state index contributed by atoms with van der Waals surface area (Å²) in [6, 6.07) is 5.69. The number of hydrogen-bond acceptors (Lipinski definition) is 4. The van der Waals surface area contributed by atoms with Gasteiger partial charge in [0.25, 0.3) is 0 Å². The number of anilines is 1. The number of unbranched alkanes of at least 4 members (excludes halogenated alkanes) is 1. The van der Waals surface area contributed by atoms with Gasteiger partial charge in [-0.05, 0) is 50.4 Å². The number of esters is 1. The van der Waals surface area contributed by atoms with Crippen molar-refractivity contribution in [1.29, 1.82) is 0 Å². The van der Waals surface area contributed by atoms with Crippen LogP contribution in [-0.2, 0) is 11.2 Å². The number of rotatable bonds is 5. The van der Waals surface area contributed by atoms with Crippen molar-refractivity contribution < 1.29 is 9.53 Å². The number of nitrogen functional groups attached to an aromatic ring is 1. The lowest BCUT2D eigenvalue weighted by Crippen LogP contribution is -2.35. The second-order valence-corrected chi connectivity index (χ2v) is 5.93. The van der Waals surface area contributed by atoms with Crippen LogP contribution in [0.2, 0.25) is 0 Å². The maximum absolute atomic E-state index is 12.2. The Labute approximate surface area is 127 Å². The number of piperidine rings is 1. The van der Waals surface area contributed by atoms with Crippen molar-refractivity contribution in [3.05, 3.63) is 29.3 Å². The van der Waals surface area contributed by atoms with E-state index in [1.165, 1.54) is 5.56 Å². The molecule has 116 valence electrons. The molecule has 4 nitrogen and oxygen atoms in total. The summed E-state index contributed by atoms with van der Waals surface area (Å²) in [6.07, 6.45) is 5.12. The van der Waals surface area contributed by atoms with E-state index in [-0.39, 0.29) is 12.1 Å². The van der Waals surface area contributed by atoms with Gasteiger partial charge in [-0.1, -0.05) is 19.4 Å². The topological polar surface area (TPSA) is 55.6 Å². The van der Waals surface area contributed by atoms with Crippen molar-refractivity contribution in [1.82, 2.24) is 4.90 Å². The van der Waals surface area contributed by atoms with Crippen LogP contribution in [0.5, 0.6) is 0 Å². The summed E-state index contributed by atoms with van der Waals surface area (Å²) in [4.78, 5) is 14.5. The predicted octanol–water partition coefficient (Wildman–Crippen LogP) is 2.86. The van der Waals surface area contributed by atoms with Gasteiger partial charge >= 0.3 is 5.97 Å². The van der Waals surface area contributed by atoms with Gasteiger partial charge in [0, 0.05) is 18.8 Å². The number of ether oxygens (including phenoxy) is 1. The van der Waals surface area contributed by atoms with Crippen LogP contribution in [0.1, 0.15) is 48.5 Å². The third-order valence-corrected chi connectivity index (χ3v) is 4.09. The lowest BCUT2D eigenvalue weighted by atomic mass is 10.0. The van der Waals surface area contributed by atoms with Gasteiger partial charge in [0.15, 0.2) is 0 Å². The van der Waals surface area contributed by atoms with Gasteiger partial charge in [-0.2, -0.15) is 0 Å². The second kappa shape index (κ2) is 7.46. The first-order valence-electron chi connectivity index (χ1n) is 7.88. The van der Waals surface area contributed by atoms with Crippen LogP contribution in [0.15, 0.2) is 18.2 Å². The number of benzene rings is 1. The fourth-order valence-corrected chi connectivity index (χ4v) is 2.65. The van der Waals surface area contributed by atoms with Crippen LogP contribution in [-0.4, -0.2) is 37.1 Å². The number of carbonyl (C=O) groups is 1. The van der Waals surface area contributed by atoms with Gasteiger partial charge in [-0.25, -0.2) is 4.79 Å². The average molecular weight is 290 g/mol. The molecule has 1 saturated heterocycles. The molecule has 0 aromatic heterocycles. The number of nitrogens with zero attached hydrogens (tertiary/aromatic N) is 1. The maximum Gasteiger partial charge on any atom is 0.340 e. The van der Waals surface area contributed by atoms with E-state index in [4.69, 9.17) is 10.5 Å². The van der Waals surface area contributed by atoms with Crippen molar-refractivity contribution in [3.63, 3.8) is 0 Å². The molecule has 1 heterocycles. The van der Waals surface area contributed by atoms with E-state index >= 15 is 0 Å². The molecule has 0 bridgehead atoms. The quantitative estimate of drug-likeness (QED) is 0.669. The first kappa shape index (κ1) is 15.8. The molecule has 2 rings (SSSR count). The van der Waals surface area contributed by atoms with Crippen LogP contribution in [0.25, 0.3) is 0 Å². The highest BCUT2D eigenvalue weighted by atomic mass is 16.5. The summed E-state index contributed by atoms with van der Waals surface area (Å²) in [5, 5.41) is 0. The van der Waals surface area contributed by atoms with Gasteiger partial charge < -0.3 is 15.4 Å². The molecule has 0 saturated carbocycles. The Morgan fingerprint density at radius 2 is 2.10 bits per heavy atom. The highest BCUT2D eigenvalue weighted by molar-refractivity contribution is 5.95. The Bertz CT molecular complexity index is 480. The third-order valence-electron chi connectivity index (χ3n) is 4.09. The Morgan fingerprint density at radius 3 is 2.71 bits per heavy atom. The second-order valence-electron chi connectivity index (χ2n) is 5.93. The van der Waals surface area contributed by atoms with Gasteiger partial charge in [0.1, 0.15) is 6.10 Å². The normalized spacial score (nSPS) is 16.9. The Hall–Kier alpha value is -1.55. The van der Waals surface area contributed by atoms with E-state index in [1.54, 1.807) is 6.07 Å². The van der Waals surface area contributed by atoms with Crippen molar-refractivity contribution in [2.75, 3.05) is 25.9 Å². The molecule has 0 atom stereocenters. The minimum Gasteiger partial charge on any atom is -0.459 e. The van der Waals surface area contributed by atoms with Crippen molar-refractivity contribution in [3.8, 4) is 0 Å². The van der Waals surface area contributed by atoms with Gasteiger partial charge in [0.05, 0.1) is 5.56 Å². The number of nitrogens with two attached hydrogens (primary N) is 1. The van der Waals surface area contributed by atoms with Crippen LogP contribution >= 0.6 is 0 Å². The zero-order chi connectivity index (χ0) is 15.2. The fraction of sp³-hybridized carbons (Fsp3) is 0.588. The molecule has 0 radical (unpaired) electrons. The molecule has 0 unspecified atom stereocenters. The molecule has 0 amide bonds. The summed E-state index contributed by atoms with van der Waals surface area (Å²) >= 11 is 0. The standard InChI is InChI=1S/C17H26N2O2/c1-3-4-5-13-6-7-15(16(18)12-13)17(20)21-14-8-10-19(2)11-9-14/h6-7,12,14H,3-5,8-11,18H2,1-2H3. The molecule has 2 N–H and O–H groups in total. The molecule has 1 aromatic carbocycles. The Kier molecular flexibility index (Phi) is 5.62. The van der Waals surface area contributed by atoms with Gasteiger partial charge in [0.2, 0.25) is 0 Å². The summed E-state index contributed by atoms with van der Waals surface area (Å²) in [7, 11) is 2.09. The van der Waals surface area contributed by atoms with E-state index in [0.717, 1.165) is 45.2 Å². The fourth-order valence-electron chi connectivity index (χ4n) is 2.65. The smallest absolute Gasteiger partial charge is 0.340 e. The van der Waals surface area contributed by atoms with Crippen LogP contribution in [0.3, 0.4) is 0 Å². The molecule has 1 aliphatic heterocycles. The summed E-state index contributed by atoms with van der Waals surface area (Å²) in [5.41, 5.74) is 8.22. The largest absolute Gasteiger partial charge is 0.459 e. The van der Waals surface area contributed by atoms with Crippen molar-refractivity contribution in [2.45, 2.75) is 45.1 Å². The highest BCUT2D eigenvalue weighted by Crippen LogP contribution is 2.20. The minimum atomic E-state index is -0.288. The molecule has 1 aromatic rings. The monoisotopic (exact) mass is 290 g/mol. The Balaban J connectivity index is 1.95. The van der Waals surface area contributed by atoms with Gasteiger partial charge in [-0.3, -0.25) is 0 Å². The molecule has 21 heavy (non-hydrogen) atoms. The van der Waals surface area contributed by atoms with Crippen LogP contribution in [0.4, 0.5) is 5.69 Å². The number of aryl methyl sites for hydroxylation is 1. The molecule has 0 spiro atoms. The van der Waals surface area contributed by atoms with Crippen molar-refractivity contribution in [2.24, 2.45) is 0 Å². The molecule has 1 fully saturated rings. The lowest BCUT2D eigenvalue weighted by Gasteiger charge is -2.28. The summed E-state index contributed by atoms with van der Waals surface area (Å²) in [5.74, 6) is -0.288. The number of carbonyl (C=O) groups excluding carboxylic acids is 1. The zero-order valence-corrected chi connectivity index (χ0v) is 13.1. The summed E-state index contributed by atoms with van der Waals surface area (Å²) < 4.78 is 5.58. The highest BCUT2D eigenvalue weighted by Gasteiger charge is 2.22. The summed E-state index contributed by atoms with van der Waals surface area (Å²) in [6.45, 7) is 4.11. The first-order valence-corrected chi connectivity index (χ1v) is 7.88. The zero-order valence-electron chi connectivity index (χ0n) is 13.1. The van der Waals surface area contributed by atoms with Crippen LogP contribution < -0.4 is 5.73 Å². The van der Waals surface area contributed by atoms with Crippen molar-refractivity contribution >= 4 is 11.7 Å². The number of hydrogen-bond donors (Lipinski definition) is 1. The van der Waals surface area contributed by atoms with E-state index < -0.39 is 0 Å². The van der Waals surface area contributed by atoms with E-state index in [0.29, 0.717) is 11.3 Å². The average Bonchev–Trinajstić information content (AvgIpc) is 2.47. The van der Waals surface area contributed by atoms with E-state index in [1.807, 2.05) is 12.1 Å². The third kappa shape index (κ3) is 4.46. The SMILES string of the molecule is CCCCc1ccc(C(=O)OC2CCN(C)CC2)c(N)c1. The van der Waals surface area contributed by atoms with Gasteiger partial charge in [-0.15, -0.1) is 0 Å². The number of likely N-dealkylation sites (tertiary alicyclic amines) is 1. The first-order chi connectivity index (χ1) is 10.1. The molecule has 0 aliphatic carbocycles. The molecular formula is C17H26N2O2. The maximum atomic E-state index is 12.2. The molecule has 1 aliphatic rings. The van der Waals surface area contributed by atoms with E-state index in [9.17, 15) is 4.79 Å².